The number of nitrogens with one attached hydrogen (secondary N) is 2. The van der Waals surface area contributed by atoms with E-state index >= 15 is 0 Å². The largest absolute Gasteiger partial charge is 0.393 e. The van der Waals surface area contributed by atoms with Gasteiger partial charge in [0.25, 0.3) is 0 Å². The van der Waals surface area contributed by atoms with Gasteiger partial charge < -0.3 is 21.3 Å². The molecule has 4 N–H and O–H groups in total. The standard InChI is InChI=1S/C11H22N4O2S/c1-7(2)8(9(12)18)10(16)13-5-6-14-11(17)15(3)4/h7-8H,5-6H2,1-4H3,(H2,12,18)(H,13,16)(H,14,17). The van der Waals surface area contributed by atoms with Crippen molar-refractivity contribution in [3.8, 4) is 0 Å². The van der Waals surface area contributed by atoms with Gasteiger partial charge in [0, 0.05) is 27.2 Å². The van der Waals surface area contributed by atoms with Crippen LogP contribution in [-0.2, 0) is 4.79 Å². The van der Waals surface area contributed by atoms with E-state index in [1.54, 1.807) is 14.1 Å². The van der Waals surface area contributed by atoms with E-state index in [-0.39, 0.29) is 22.8 Å². The number of thiocarbonyl (C=S) groups is 1. The SMILES string of the molecule is CC(C)C(C(=O)NCCNC(=O)N(C)C)C(N)=S. The van der Waals surface area contributed by atoms with E-state index in [2.05, 4.69) is 10.6 Å². The van der Waals surface area contributed by atoms with Gasteiger partial charge in [-0.1, -0.05) is 26.1 Å². The Balaban J connectivity index is 4.03. The lowest BCUT2D eigenvalue weighted by molar-refractivity contribution is -0.123. The van der Waals surface area contributed by atoms with Crippen LogP contribution < -0.4 is 16.4 Å². The van der Waals surface area contributed by atoms with E-state index in [4.69, 9.17) is 18.0 Å². The van der Waals surface area contributed by atoms with Gasteiger partial charge in [0.15, 0.2) is 0 Å². The number of nitrogens with two attached hydrogens (primary N) is 1. The Hall–Kier alpha value is -1.37. The van der Waals surface area contributed by atoms with Crippen molar-refractivity contribution in [1.82, 2.24) is 15.5 Å². The normalized spacial score (nSPS) is 11.8. The second-order valence-electron chi connectivity index (χ2n) is 4.54. The zero-order valence-corrected chi connectivity index (χ0v) is 12.1. The summed E-state index contributed by atoms with van der Waals surface area (Å²) in [5, 5.41) is 5.34. The van der Waals surface area contributed by atoms with Gasteiger partial charge >= 0.3 is 6.03 Å². The zero-order chi connectivity index (χ0) is 14.3. The molecule has 0 aliphatic carbocycles. The molecule has 0 saturated carbocycles. The van der Waals surface area contributed by atoms with E-state index in [1.807, 2.05) is 13.8 Å². The summed E-state index contributed by atoms with van der Waals surface area (Å²) < 4.78 is 0. The first-order valence-electron chi connectivity index (χ1n) is 5.79. The molecule has 0 aromatic carbocycles. The zero-order valence-electron chi connectivity index (χ0n) is 11.3. The minimum atomic E-state index is -0.468. The van der Waals surface area contributed by atoms with Gasteiger partial charge in [-0.3, -0.25) is 4.79 Å². The van der Waals surface area contributed by atoms with E-state index in [0.29, 0.717) is 13.1 Å². The van der Waals surface area contributed by atoms with Crippen LogP contribution in [0.5, 0.6) is 0 Å². The van der Waals surface area contributed by atoms with Gasteiger partial charge in [-0.05, 0) is 5.92 Å². The van der Waals surface area contributed by atoms with Crippen molar-refractivity contribution in [1.29, 1.82) is 0 Å². The molecule has 0 radical (unpaired) electrons. The quantitative estimate of drug-likeness (QED) is 0.467. The van der Waals surface area contributed by atoms with Crippen molar-refractivity contribution in [2.75, 3.05) is 27.2 Å². The van der Waals surface area contributed by atoms with Crippen molar-refractivity contribution in [3.63, 3.8) is 0 Å². The first kappa shape index (κ1) is 16.6. The number of carbonyl (C=O) groups excluding carboxylic acids is 2. The molecule has 1 atom stereocenters. The molecule has 1 unspecified atom stereocenters. The summed E-state index contributed by atoms with van der Waals surface area (Å²) in [4.78, 5) is 24.6. The van der Waals surface area contributed by atoms with Crippen LogP contribution in [-0.4, -0.2) is 49.0 Å². The Morgan fingerprint density at radius 3 is 2.11 bits per heavy atom. The van der Waals surface area contributed by atoms with Crippen LogP contribution >= 0.6 is 12.2 Å². The van der Waals surface area contributed by atoms with Gasteiger partial charge in [0.2, 0.25) is 5.91 Å². The fraction of sp³-hybridized carbons (Fsp3) is 0.727. The summed E-state index contributed by atoms with van der Waals surface area (Å²) in [7, 11) is 3.30. The van der Waals surface area contributed by atoms with Crippen LogP contribution in [0.3, 0.4) is 0 Å². The molecule has 0 rings (SSSR count). The number of hydrogen-bond donors (Lipinski definition) is 3. The summed E-state index contributed by atoms with van der Waals surface area (Å²) in [6.45, 7) is 4.49. The van der Waals surface area contributed by atoms with Crippen LogP contribution in [0.1, 0.15) is 13.8 Å². The van der Waals surface area contributed by atoms with Crippen LogP contribution in [0.25, 0.3) is 0 Å². The molecule has 0 spiro atoms. The van der Waals surface area contributed by atoms with Gasteiger partial charge in [-0.2, -0.15) is 0 Å². The maximum atomic E-state index is 11.8. The molecular weight excluding hydrogens is 252 g/mol. The molecule has 0 aromatic rings. The molecule has 104 valence electrons. The average Bonchev–Trinajstić information content (AvgIpc) is 2.22. The monoisotopic (exact) mass is 274 g/mol. The third-order valence-corrected chi connectivity index (χ3v) is 2.62. The molecule has 0 bridgehead atoms. The van der Waals surface area contributed by atoms with E-state index in [0.717, 1.165) is 0 Å². The maximum absolute atomic E-state index is 11.8. The molecule has 7 heteroatoms. The van der Waals surface area contributed by atoms with Gasteiger partial charge in [-0.25, -0.2) is 4.79 Å². The summed E-state index contributed by atoms with van der Waals surface area (Å²) >= 11 is 4.86. The highest BCUT2D eigenvalue weighted by atomic mass is 32.1. The van der Waals surface area contributed by atoms with Crippen molar-refractivity contribution < 1.29 is 9.59 Å². The van der Waals surface area contributed by atoms with Crippen LogP contribution in [0.2, 0.25) is 0 Å². The highest BCUT2D eigenvalue weighted by Crippen LogP contribution is 2.10. The number of urea groups is 1. The predicted octanol–water partition coefficient (Wildman–Crippen LogP) is -0.0679. The minimum absolute atomic E-state index is 0.0545. The van der Waals surface area contributed by atoms with Crippen LogP contribution in [0.4, 0.5) is 4.79 Å². The Morgan fingerprint density at radius 1 is 1.22 bits per heavy atom. The molecular formula is C11H22N4O2S. The molecule has 0 fully saturated rings. The van der Waals surface area contributed by atoms with Gasteiger partial charge in [-0.15, -0.1) is 0 Å². The van der Waals surface area contributed by atoms with Crippen molar-refractivity contribution in [3.05, 3.63) is 0 Å². The topological polar surface area (TPSA) is 87.5 Å². The fourth-order valence-electron chi connectivity index (χ4n) is 1.38. The van der Waals surface area contributed by atoms with E-state index in [9.17, 15) is 9.59 Å². The Bertz CT molecular complexity index is 318. The highest BCUT2D eigenvalue weighted by molar-refractivity contribution is 7.80. The van der Waals surface area contributed by atoms with E-state index in [1.165, 1.54) is 4.90 Å². The number of rotatable bonds is 6. The molecule has 0 aliphatic rings. The fourth-order valence-corrected chi connectivity index (χ4v) is 1.76. The highest BCUT2D eigenvalue weighted by Gasteiger charge is 2.24. The molecule has 6 nitrogen and oxygen atoms in total. The van der Waals surface area contributed by atoms with Crippen molar-refractivity contribution in [2.24, 2.45) is 17.6 Å². The average molecular weight is 274 g/mol. The van der Waals surface area contributed by atoms with Gasteiger partial charge in [0.1, 0.15) is 0 Å². The van der Waals surface area contributed by atoms with Gasteiger partial charge in [0.05, 0.1) is 10.9 Å². The Morgan fingerprint density at radius 2 is 1.72 bits per heavy atom. The summed E-state index contributed by atoms with van der Waals surface area (Å²) in [6.07, 6.45) is 0. The second kappa shape index (κ2) is 7.86. The number of nitrogens with zero attached hydrogens (tertiary/aromatic N) is 1. The predicted molar refractivity (Wildman–Crippen MR) is 75.2 cm³/mol. The third-order valence-electron chi connectivity index (χ3n) is 2.36. The Labute approximate surface area is 113 Å². The van der Waals surface area contributed by atoms with Crippen LogP contribution in [0, 0.1) is 11.8 Å². The first-order valence-corrected chi connectivity index (χ1v) is 6.20. The van der Waals surface area contributed by atoms with Crippen molar-refractivity contribution >= 4 is 29.1 Å². The van der Waals surface area contributed by atoms with E-state index < -0.39 is 5.92 Å². The first-order chi connectivity index (χ1) is 8.27. The maximum Gasteiger partial charge on any atom is 0.316 e. The minimum Gasteiger partial charge on any atom is -0.393 e. The lowest BCUT2D eigenvalue weighted by Crippen LogP contribution is -2.44. The molecule has 0 saturated heterocycles. The molecule has 3 amide bonds. The van der Waals surface area contributed by atoms with Crippen molar-refractivity contribution in [2.45, 2.75) is 13.8 Å². The Kier molecular flexibility index (Phi) is 7.26. The third kappa shape index (κ3) is 5.81. The summed E-state index contributed by atoms with van der Waals surface area (Å²) in [5.74, 6) is -0.611. The summed E-state index contributed by atoms with van der Waals surface area (Å²) in [5.41, 5.74) is 5.52. The van der Waals surface area contributed by atoms with Crippen LogP contribution in [0.15, 0.2) is 0 Å². The number of hydrogen-bond acceptors (Lipinski definition) is 3. The molecule has 18 heavy (non-hydrogen) atoms. The number of amides is 3. The lowest BCUT2D eigenvalue weighted by Gasteiger charge is -2.19. The molecule has 0 aromatic heterocycles. The number of carbonyl (C=O) groups is 2. The molecule has 0 heterocycles. The molecule has 0 aliphatic heterocycles. The second-order valence-corrected chi connectivity index (χ2v) is 5.01. The summed E-state index contributed by atoms with van der Waals surface area (Å²) in [6, 6.07) is -0.195. The smallest absolute Gasteiger partial charge is 0.316 e. The lowest BCUT2D eigenvalue weighted by atomic mass is 9.95.